The van der Waals surface area contributed by atoms with Gasteiger partial charge in [0.2, 0.25) is 0 Å². The van der Waals surface area contributed by atoms with Gasteiger partial charge in [-0.25, -0.2) is 0 Å². The number of rotatable bonds is 3. The van der Waals surface area contributed by atoms with Gasteiger partial charge in [-0.1, -0.05) is 12.1 Å². The zero-order chi connectivity index (χ0) is 13.3. The number of benzene rings is 1. The fourth-order valence-corrected chi connectivity index (χ4v) is 2.12. The molecule has 4 atom stereocenters. The summed E-state index contributed by atoms with van der Waals surface area (Å²) in [5, 5.41) is 41.9. The molecular formula is C11H14N2O5. The Labute approximate surface area is 103 Å². The quantitative estimate of drug-likeness (QED) is 0.419. The van der Waals surface area contributed by atoms with Crippen molar-refractivity contribution in [1.82, 2.24) is 5.32 Å². The summed E-state index contributed by atoms with van der Waals surface area (Å²) in [6.07, 6.45) is -2.11. The molecule has 4 N–H and O–H groups in total. The molecule has 7 nitrogen and oxygen atoms in total. The van der Waals surface area contributed by atoms with Gasteiger partial charge in [-0.3, -0.25) is 10.1 Å². The van der Waals surface area contributed by atoms with Crippen LogP contribution in [0.5, 0.6) is 0 Å². The first-order valence-corrected chi connectivity index (χ1v) is 5.52. The van der Waals surface area contributed by atoms with Crippen molar-refractivity contribution in [2.45, 2.75) is 24.3 Å². The molecule has 0 amide bonds. The molecule has 1 aliphatic heterocycles. The van der Waals surface area contributed by atoms with Crippen LogP contribution in [0.4, 0.5) is 5.69 Å². The molecule has 0 radical (unpaired) electrons. The lowest BCUT2D eigenvalue weighted by molar-refractivity contribution is -0.384. The summed E-state index contributed by atoms with van der Waals surface area (Å²) in [5.74, 6) is 0. The van der Waals surface area contributed by atoms with Gasteiger partial charge < -0.3 is 20.6 Å². The highest BCUT2D eigenvalue weighted by atomic mass is 16.6. The molecule has 1 aromatic rings. The van der Waals surface area contributed by atoms with Crippen molar-refractivity contribution in [3.8, 4) is 0 Å². The molecule has 1 fully saturated rings. The minimum absolute atomic E-state index is 0.0366. The van der Waals surface area contributed by atoms with E-state index < -0.39 is 29.2 Å². The van der Waals surface area contributed by atoms with Crippen LogP contribution in [0.2, 0.25) is 0 Å². The summed E-state index contributed by atoms with van der Waals surface area (Å²) < 4.78 is 0. The van der Waals surface area contributed by atoms with Crippen LogP contribution in [-0.2, 0) is 0 Å². The van der Waals surface area contributed by atoms with Crippen LogP contribution in [0.1, 0.15) is 11.6 Å². The first-order valence-electron chi connectivity index (χ1n) is 5.52. The summed E-state index contributed by atoms with van der Waals surface area (Å²) in [5.41, 5.74) is 0.591. The van der Waals surface area contributed by atoms with Crippen molar-refractivity contribution < 1.29 is 20.2 Å². The van der Waals surface area contributed by atoms with Crippen LogP contribution in [0.3, 0.4) is 0 Å². The number of nitrogens with zero attached hydrogens (tertiary/aromatic N) is 1. The Morgan fingerprint density at radius 3 is 2.28 bits per heavy atom. The number of aliphatic hydroxyl groups is 3. The molecule has 1 aliphatic rings. The van der Waals surface area contributed by atoms with E-state index in [2.05, 4.69) is 5.32 Å². The molecule has 1 aromatic carbocycles. The maximum atomic E-state index is 10.5. The van der Waals surface area contributed by atoms with Crippen molar-refractivity contribution in [2.24, 2.45) is 0 Å². The maximum absolute atomic E-state index is 10.5. The Balaban J connectivity index is 2.19. The molecule has 7 heteroatoms. The van der Waals surface area contributed by atoms with E-state index >= 15 is 0 Å². The molecule has 18 heavy (non-hydrogen) atoms. The molecule has 1 saturated heterocycles. The van der Waals surface area contributed by atoms with Crippen molar-refractivity contribution in [1.29, 1.82) is 0 Å². The predicted molar refractivity (Wildman–Crippen MR) is 61.9 cm³/mol. The lowest BCUT2D eigenvalue weighted by atomic mass is 10.0. The third-order valence-corrected chi connectivity index (χ3v) is 3.16. The normalized spacial score (nSPS) is 31.5. The minimum atomic E-state index is -1.06. The Morgan fingerprint density at radius 1 is 1.22 bits per heavy atom. The van der Waals surface area contributed by atoms with E-state index in [-0.39, 0.29) is 12.3 Å². The van der Waals surface area contributed by atoms with Crippen LogP contribution < -0.4 is 5.32 Å². The van der Waals surface area contributed by atoms with Crippen molar-refractivity contribution in [2.75, 3.05) is 6.61 Å². The van der Waals surface area contributed by atoms with E-state index in [1.54, 1.807) is 0 Å². The summed E-state index contributed by atoms with van der Waals surface area (Å²) in [6.45, 7) is -0.290. The van der Waals surface area contributed by atoms with E-state index in [4.69, 9.17) is 5.11 Å². The highest BCUT2D eigenvalue weighted by molar-refractivity contribution is 5.35. The maximum Gasteiger partial charge on any atom is 0.269 e. The SMILES string of the molecule is O=[N+]([O-])c1ccc([C@@H]2N[C@H](CO)C(O)C2O)cc1. The molecule has 2 unspecified atom stereocenters. The summed E-state index contributed by atoms with van der Waals surface area (Å²) in [7, 11) is 0. The van der Waals surface area contributed by atoms with E-state index in [0.29, 0.717) is 5.56 Å². The number of nitro benzene ring substituents is 1. The van der Waals surface area contributed by atoms with Crippen LogP contribution in [0.25, 0.3) is 0 Å². The van der Waals surface area contributed by atoms with Gasteiger partial charge in [0.15, 0.2) is 0 Å². The smallest absolute Gasteiger partial charge is 0.269 e. The number of hydrogen-bond acceptors (Lipinski definition) is 6. The second kappa shape index (κ2) is 4.99. The molecule has 0 aliphatic carbocycles. The van der Waals surface area contributed by atoms with Gasteiger partial charge in [0.1, 0.15) is 6.10 Å². The molecule has 98 valence electrons. The van der Waals surface area contributed by atoms with Gasteiger partial charge in [-0.2, -0.15) is 0 Å². The first kappa shape index (κ1) is 12.9. The Morgan fingerprint density at radius 2 is 1.83 bits per heavy atom. The average Bonchev–Trinajstić information content (AvgIpc) is 2.66. The average molecular weight is 254 g/mol. The zero-order valence-electron chi connectivity index (χ0n) is 9.43. The van der Waals surface area contributed by atoms with Gasteiger partial charge in [0.05, 0.1) is 29.7 Å². The number of nitrogens with one attached hydrogen (secondary N) is 1. The van der Waals surface area contributed by atoms with Gasteiger partial charge >= 0.3 is 0 Å². The zero-order valence-corrected chi connectivity index (χ0v) is 9.43. The number of hydrogen-bond donors (Lipinski definition) is 4. The van der Waals surface area contributed by atoms with E-state index in [9.17, 15) is 20.3 Å². The van der Waals surface area contributed by atoms with Gasteiger partial charge in [0.25, 0.3) is 5.69 Å². The monoisotopic (exact) mass is 254 g/mol. The highest BCUT2D eigenvalue weighted by Crippen LogP contribution is 2.28. The standard InChI is InChI=1S/C11H14N2O5/c14-5-8-10(15)11(16)9(12-8)6-1-3-7(4-2-6)13(17)18/h1-4,8-12,14-16H,5H2/t8-,9+,10?,11?/m1/s1. The number of nitro groups is 1. The third-order valence-electron chi connectivity index (χ3n) is 3.16. The second-order valence-corrected chi connectivity index (χ2v) is 4.26. The summed E-state index contributed by atoms with van der Waals surface area (Å²) in [6, 6.07) is 4.57. The lowest BCUT2D eigenvalue weighted by Crippen LogP contribution is -2.35. The molecule has 0 saturated carbocycles. The van der Waals surface area contributed by atoms with Crippen LogP contribution in [0.15, 0.2) is 24.3 Å². The topological polar surface area (TPSA) is 116 Å². The highest BCUT2D eigenvalue weighted by Gasteiger charge is 2.41. The van der Waals surface area contributed by atoms with Gasteiger partial charge in [0, 0.05) is 12.1 Å². The van der Waals surface area contributed by atoms with Gasteiger partial charge in [-0.05, 0) is 5.56 Å². The van der Waals surface area contributed by atoms with Crippen LogP contribution >= 0.6 is 0 Å². The second-order valence-electron chi connectivity index (χ2n) is 4.26. The molecule has 0 aromatic heterocycles. The Hall–Kier alpha value is -1.54. The fourth-order valence-electron chi connectivity index (χ4n) is 2.12. The molecular weight excluding hydrogens is 240 g/mol. The molecule has 1 heterocycles. The van der Waals surface area contributed by atoms with Crippen molar-refractivity contribution in [3.63, 3.8) is 0 Å². The van der Waals surface area contributed by atoms with Crippen molar-refractivity contribution >= 4 is 5.69 Å². The Kier molecular flexibility index (Phi) is 3.58. The minimum Gasteiger partial charge on any atom is -0.395 e. The first-order chi connectivity index (χ1) is 8.54. The molecule has 0 spiro atoms. The van der Waals surface area contributed by atoms with Crippen LogP contribution in [0, 0.1) is 10.1 Å². The fraction of sp³-hybridized carbons (Fsp3) is 0.455. The van der Waals surface area contributed by atoms with E-state index in [1.165, 1.54) is 24.3 Å². The van der Waals surface area contributed by atoms with Crippen LogP contribution in [-0.4, -0.2) is 45.1 Å². The lowest BCUT2D eigenvalue weighted by Gasteiger charge is -2.15. The largest absolute Gasteiger partial charge is 0.395 e. The molecule has 0 bridgehead atoms. The summed E-state index contributed by atoms with van der Waals surface area (Å²) >= 11 is 0. The summed E-state index contributed by atoms with van der Waals surface area (Å²) in [4.78, 5) is 10.0. The number of aliphatic hydroxyl groups excluding tert-OH is 3. The predicted octanol–water partition coefficient (Wildman–Crippen LogP) is -0.678. The molecule has 2 rings (SSSR count). The Bertz CT molecular complexity index is 436. The van der Waals surface area contributed by atoms with Crippen molar-refractivity contribution in [3.05, 3.63) is 39.9 Å². The number of non-ortho nitro benzene ring substituents is 1. The third kappa shape index (κ3) is 2.21. The van der Waals surface area contributed by atoms with E-state index in [1.807, 2.05) is 0 Å². The van der Waals surface area contributed by atoms with E-state index in [0.717, 1.165) is 0 Å². The van der Waals surface area contributed by atoms with Gasteiger partial charge in [-0.15, -0.1) is 0 Å².